The Hall–Kier alpha value is -1.84. The van der Waals surface area contributed by atoms with E-state index in [4.69, 9.17) is 4.42 Å². The molecule has 0 amide bonds. The number of hydrogen-bond donors (Lipinski definition) is 1. The molecule has 1 aromatic carbocycles. The monoisotopic (exact) mass is 234 g/mol. The minimum atomic E-state index is -0.205. The van der Waals surface area contributed by atoms with Crippen LogP contribution in [0.4, 0.5) is 10.4 Å². The van der Waals surface area contributed by atoms with Crippen molar-refractivity contribution in [3.63, 3.8) is 0 Å². The van der Waals surface area contributed by atoms with Crippen LogP contribution in [0.1, 0.15) is 17.0 Å². The van der Waals surface area contributed by atoms with Crippen LogP contribution in [0.5, 0.6) is 0 Å². The van der Waals surface area contributed by atoms with Gasteiger partial charge in [0.15, 0.2) is 0 Å². The van der Waals surface area contributed by atoms with Gasteiger partial charge in [0.1, 0.15) is 11.6 Å². The fourth-order valence-corrected chi connectivity index (χ4v) is 1.68. The highest BCUT2D eigenvalue weighted by atomic mass is 19.1. The van der Waals surface area contributed by atoms with Crippen molar-refractivity contribution in [3.05, 3.63) is 47.1 Å². The number of aromatic nitrogens is 1. The second-order valence-electron chi connectivity index (χ2n) is 3.90. The fraction of sp³-hybridized carbons (Fsp3) is 0.308. The van der Waals surface area contributed by atoms with E-state index in [1.54, 1.807) is 19.2 Å². The average Bonchev–Trinajstić information content (AvgIpc) is 2.69. The second kappa shape index (κ2) is 4.99. The van der Waals surface area contributed by atoms with Gasteiger partial charge >= 0.3 is 0 Å². The van der Waals surface area contributed by atoms with Gasteiger partial charge in [-0.3, -0.25) is 0 Å². The molecule has 2 rings (SSSR count). The summed E-state index contributed by atoms with van der Waals surface area (Å²) in [7, 11) is 1.77. The Bertz CT molecular complexity index is 491. The Morgan fingerprint density at radius 3 is 2.53 bits per heavy atom. The third-order valence-corrected chi connectivity index (χ3v) is 2.67. The van der Waals surface area contributed by atoms with Crippen molar-refractivity contribution in [2.75, 3.05) is 12.4 Å². The summed E-state index contributed by atoms with van der Waals surface area (Å²) < 4.78 is 18.1. The average molecular weight is 234 g/mol. The minimum Gasteiger partial charge on any atom is -0.429 e. The molecule has 0 saturated heterocycles. The summed E-state index contributed by atoms with van der Waals surface area (Å²) in [5, 5.41) is 2.87. The van der Waals surface area contributed by atoms with E-state index in [1.807, 2.05) is 6.92 Å². The minimum absolute atomic E-state index is 0.205. The molecule has 0 bridgehead atoms. The molecule has 0 aliphatic heterocycles. The number of anilines is 1. The van der Waals surface area contributed by atoms with Crippen LogP contribution in [-0.2, 0) is 12.8 Å². The Morgan fingerprint density at radius 1 is 1.24 bits per heavy atom. The smallest absolute Gasteiger partial charge is 0.294 e. The molecular weight excluding hydrogens is 219 g/mol. The summed E-state index contributed by atoms with van der Waals surface area (Å²) in [6.45, 7) is 1.90. The van der Waals surface area contributed by atoms with Crippen LogP contribution in [0.15, 0.2) is 28.7 Å². The number of oxazole rings is 1. The summed E-state index contributed by atoms with van der Waals surface area (Å²) in [6.07, 6.45) is 1.62. The summed E-state index contributed by atoms with van der Waals surface area (Å²) in [5.41, 5.74) is 2.04. The SMILES string of the molecule is CNc1nc(CCc2ccc(F)cc2)c(C)o1. The lowest BCUT2D eigenvalue weighted by Crippen LogP contribution is -1.94. The molecule has 1 aromatic heterocycles. The van der Waals surface area contributed by atoms with Gasteiger partial charge in [0.2, 0.25) is 0 Å². The van der Waals surface area contributed by atoms with Gasteiger partial charge in [0.25, 0.3) is 6.01 Å². The van der Waals surface area contributed by atoms with Crippen molar-refractivity contribution in [2.24, 2.45) is 0 Å². The summed E-state index contributed by atoms with van der Waals surface area (Å²) in [6, 6.07) is 7.08. The van der Waals surface area contributed by atoms with Crippen LogP contribution in [-0.4, -0.2) is 12.0 Å². The first-order chi connectivity index (χ1) is 8.19. The normalized spacial score (nSPS) is 10.5. The quantitative estimate of drug-likeness (QED) is 0.883. The second-order valence-corrected chi connectivity index (χ2v) is 3.90. The van der Waals surface area contributed by atoms with Gasteiger partial charge in [-0.1, -0.05) is 12.1 Å². The maximum absolute atomic E-state index is 12.7. The van der Waals surface area contributed by atoms with Gasteiger partial charge in [-0.25, -0.2) is 4.39 Å². The van der Waals surface area contributed by atoms with Crippen molar-refractivity contribution in [1.82, 2.24) is 4.98 Å². The Labute approximate surface area is 99.7 Å². The topological polar surface area (TPSA) is 38.1 Å². The van der Waals surface area contributed by atoms with Crippen molar-refractivity contribution in [1.29, 1.82) is 0 Å². The highest BCUT2D eigenvalue weighted by Crippen LogP contribution is 2.16. The Morgan fingerprint density at radius 2 is 1.94 bits per heavy atom. The van der Waals surface area contributed by atoms with Crippen molar-refractivity contribution in [2.45, 2.75) is 19.8 Å². The van der Waals surface area contributed by atoms with Crippen LogP contribution in [0.3, 0.4) is 0 Å². The summed E-state index contributed by atoms with van der Waals surface area (Å²) in [5.74, 6) is 0.625. The molecule has 2 aromatic rings. The Balaban J connectivity index is 2.01. The van der Waals surface area contributed by atoms with E-state index in [2.05, 4.69) is 10.3 Å². The van der Waals surface area contributed by atoms with Crippen molar-refractivity contribution in [3.8, 4) is 0 Å². The van der Waals surface area contributed by atoms with Crippen LogP contribution in [0.2, 0.25) is 0 Å². The van der Waals surface area contributed by atoms with Crippen LogP contribution in [0, 0.1) is 12.7 Å². The first kappa shape index (κ1) is 11.6. The van der Waals surface area contributed by atoms with E-state index >= 15 is 0 Å². The number of nitrogens with zero attached hydrogens (tertiary/aromatic N) is 1. The van der Waals surface area contributed by atoms with Gasteiger partial charge < -0.3 is 9.73 Å². The molecule has 0 spiro atoms. The van der Waals surface area contributed by atoms with E-state index in [-0.39, 0.29) is 5.82 Å². The molecule has 4 heteroatoms. The van der Waals surface area contributed by atoms with E-state index in [0.717, 1.165) is 29.9 Å². The molecular formula is C13H15FN2O. The van der Waals surface area contributed by atoms with E-state index in [1.165, 1.54) is 12.1 Å². The third kappa shape index (κ3) is 2.84. The van der Waals surface area contributed by atoms with Crippen LogP contribution < -0.4 is 5.32 Å². The van der Waals surface area contributed by atoms with E-state index < -0.39 is 0 Å². The lowest BCUT2D eigenvalue weighted by Gasteiger charge is -1.99. The summed E-state index contributed by atoms with van der Waals surface area (Å²) in [4.78, 5) is 4.31. The van der Waals surface area contributed by atoms with E-state index in [0.29, 0.717) is 6.01 Å². The molecule has 0 aliphatic carbocycles. The number of nitrogens with one attached hydrogen (secondary N) is 1. The van der Waals surface area contributed by atoms with Gasteiger partial charge in [-0.2, -0.15) is 4.98 Å². The largest absolute Gasteiger partial charge is 0.429 e. The summed E-state index contributed by atoms with van der Waals surface area (Å²) >= 11 is 0. The molecule has 0 atom stereocenters. The Kier molecular flexibility index (Phi) is 3.42. The number of hydrogen-bond acceptors (Lipinski definition) is 3. The molecule has 0 fully saturated rings. The fourth-order valence-electron chi connectivity index (χ4n) is 1.68. The first-order valence-corrected chi connectivity index (χ1v) is 5.57. The zero-order chi connectivity index (χ0) is 12.3. The van der Waals surface area contributed by atoms with Crippen LogP contribution >= 0.6 is 0 Å². The van der Waals surface area contributed by atoms with E-state index in [9.17, 15) is 4.39 Å². The molecule has 1 N–H and O–H groups in total. The number of aryl methyl sites for hydroxylation is 3. The number of halogens is 1. The van der Waals surface area contributed by atoms with Crippen LogP contribution in [0.25, 0.3) is 0 Å². The molecule has 0 aliphatic rings. The number of rotatable bonds is 4. The lowest BCUT2D eigenvalue weighted by atomic mass is 10.1. The maximum atomic E-state index is 12.7. The van der Waals surface area contributed by atoms with Gasteiger partial charge in [0, 0.05) is 7.05 Å². The highest BCUT2D eigenvalue weighted by Gasteiger charge is 2.08. The predicted octanol–water partition coefficient (Wildman–Crippen LogP) is 2.95. The van der Waals surface area contributed by atoms with Crippen molar-refractivity contribution >= 4 is 6.01 Å². The molecule has 0 radical (unpaired) electrons. The van der Waals surface area contributed by atoms with Gasteiger partial charge in [0.05, 0.1) is 5.69 Å². The highest BCUT2D eigenvalue weighted by molar-refractivity contribution is 5.25. The zero-order valence-electron chi connectivity index (χ0n) is 9.96. The molecule has 0 saturated carbocycles. The first-order valence-electron chi connectivity index (χ1n) is 5.57. The lowest BCUT2D eigenvalue weighted by molar-refractivity contribution is 0.540. The standard InChI is InChI=1S/C13H15FN2O/c1-9-12(16-13(15-2)17-9)8-5-10-3-6-11(14)7-4-10/h3-4,6-7H,5,8H2,1-2H3,(H,15,16). The van der Waals surface area contributed by atoms with Gasteiger partial charge in [-0.15, -0.1) is 0 Å². The number of benzene rings is 1. The maximum Gasteiger partial charge on any atom is 0.294 e. The molecule has 1 heterocycles. The molecule has 0 unspecified atom stereocenters. The molecule has 17 heavy (non-hydrogen) atoms. The molecule has 90 valence electrons. The van der Waals surface area contributed by atoms with Crippen molar-refractivity contribution < 1.29 is 8.81 Å². The third-order valence-electron chi connectivity index (χ3n) is 2.67. The zero-order valence-corrected chi connectivity index (χ0v) is 9.96. The van der Waals surface area contributed by atoms with Gasteiger partial charge in [-0.05, 0) is 37.5 Å². The predicted molar refractivity (Wildman–Crippen MR) is 64.6 cm³/mol. The molecule has 3 nitrogen and oxygen atoms in total.